The summed E-state index contributed by atoms with van der Waals surface area (Å²) in [5.74, 6) is -5.51. The van der Waals surface area contributed by atoms with Crippen LogP contribution in [0.1, 0.15) is 146 Å². The standard InChI is InChI=1S/2C33H35FN2O5.C24H21F2NO3.Ca/c2*1-21(2)31-30(33(41)35-25-11-7-4-8-12-25)29(22-9-5-3-6-10-22)32(23-13-15-24(34)16-14-23)36(31)18-17-26(37)19-27(38)20-28(39)40;25-17-5-1-15(2-6-17)22(29)14-13-21-23(16-3-11-20(28)12-4-16)27(24(21)30)19-9-7-18(26)8-10-19;/h2*3-16,21,26-27,37-38H,17-20H2,1-2H3,(H,35,41)(H,39,40);1-12,21-23,28-29H,13-14H2;/q;;;+2/p-2/t2*26-,27-;21-,22+,23-;/m111./s1. The van der Waals surface area contributed by atoms with Gasteiger partial charge in [0.25, 0.3) is 11.8 Å². The van der Waals surface area contributed by atoms with E-state index in [1.807, 2.05) is 134 Å². The zero-order chi connectivity index (χ0) is 80.3. The van der Waals surface area contributed by atoms with Crippen LogP contribution < -0.4 is 25.7 Å². The number of benzene rings is 9. The Balaban J connectivity index is 0.000000196. The minimum absolute atomic E-state index is 0. The van der Waals surface area contributed by atoms with Crippen molar-refractivity contribution in [2.75, 3.05) is 15.5 Å². The van der Waals surface area contributed by atoms with Crippen LogP contribution in [0.5, 0.6) is 5.75 Å². The summed E-state index contributed by atoms with van der Waals surface area (Å²) in [4.78, 5) is 64.4. The van der Waals surface area contributed by atoms with Crippen LogP contribution in [-0.4, -0.2) is 132 Å². The number of para-hydroxylation sites is 2. The van der Waals surface area contributed by atoms with Crippen molar-refractivity contribution in [3.63, 3.8) is 0 Å². The monoisotopic (exact) mass is 1560 g/mol. The molecule has 0 unspecified atom stereocenters. The first-order valence-electron chi connectivity index (χ1n) is 37.1. The number of hydrogen-bond acceptors (Lipinski definition) is 13. The van der Waals surface area contributed by atoms with Crippen molar-refractivity contribution < 1.29 is 82.4 Å². The number of carbonyl (C=O) groups excluding carboxylic acids is 5. The molecule has 11 aromatic rings. The normalized spacial score (nSPS) is 14.4. The van der Waals surface area contributed by atoms with Crippen molar-refractivity contribution in [1.29, 1.82) is 0 Å². The van der Waals surface area contributed by atoms with Crippen molar-refractivity contribution in [3.8, 4) is 50.5 Å². The van der Waals surface area contributed by atoms with Gasteiger partial charge in [0, 0.05) is 77.4 Å². The van der Waals surface area contributed by atoms with Gasteiger partial charge in [-0.25, -0.2) is 17.6 Å². The first kappa shape index (κ1) is 86.5. The van der Waals surface area contributed by atoms with Crippen molar-refractivity contribution in [2.24, 2.45) is 5.92 Å². The van der Waals surface area contributed by atoms with Gasteiger partial charge in [-0.2, -0.15) is 0 Å². The van der Waals surface area contributed by atoms with Gasteiger partial charge < -0.3 is 75.1 Å². The maximum absolute atomic E-state index is 14.0. The fraction of sp³-hybridized carbons (Fsp3) is 0.256. The summed E-state index contributed by atoms with van der Waals surface area (Å²) in [5.41, 5.74) is 11.5. The number of nitrogens with one attached hydrogen (secondary N) is 2. The number of halogens is 4. The van der Waals surface area contributed by atoms with Gasteiger partial charge in [-0.1, -0.05) is 149 Å². The van der Waals surface area contributed by atoms with Gasteiger partial charge in [0.1, 0.15) is 29.0 Å². The van der Waals surface area contributed by atoms with E-state index in [1.54, 1.807) is 89.8 Å². The number of phenols is 1. The topological polar surface area (TPSA) is 290 Å². The van der Waals surface area contributed by atoms with Crippen LogP contribution in [0.4, 0.5) is 34.6 Å². The Morgan fingerprint density at radius 3 is 1.16 bits per heavy atom. The fourth-order valence-corrected chi connectivity index (χ4v) is 14.3. The van der Waals surface area contributed by atoms with Crippen LogP contribution in [0.2, 0.25) is 0 Å². The van der Waals surface area contributed by atoms with Crippen LogP contribution >= 0.6 is 0 Å². The molecule has 3 amide bonds. The van der Waals surface area contributed by atoms with E-state index in [4.69, 9.17) is 0 Å². The van der Waals surface area contributed by atoms with E-state index in [1.165, 1.54) is 60.7 Å². The number of aliphatic hydroxyl groups is 5. The number of aromatic hydroxyl groups is 1. The predicted octanol–water partition coefficient (Wildman–Crippen LogP) is 14.5. The number of phenolic OH excluding ortho intramolecular Hbond substituents is 1. The molecule has 113 heavy (non-hydrogen) atoms. The minimum Gasteiger partial charge on any atom is -0.550 e. The summed E-state index contributed by atoms with van der Waals surface area (Å²) < 4.78 is 58.4. The molecule has 3 heterocycles. The van der Waals surface area contributed by atoms with Gasteiger partial charge in [-0.3, -0.25) is 14.4 Å². The average Bonchev–Trinajstić information content (AvgIpc) is 1.35. The Hall–Kier alpha value is -10.5. The SMILES string of the molecule is CC(C)c1c(C(=O)Nc2ccccc2)c(-c2ccccc2)c(-c2ccc(F)cc2)n1CC[C@@H](O)C[C@@H](O)CC(=O)[O-].CC(C)c1c(C(=O)Nc2ccccc2)c(-c2ccccc2)c(-c2ccc(F)cc2)n1CC[C@@H](O)C[C@@H](O)CC(=O)[O-].O=C1[C@H](CC[C@H](O)c2ccc(F)cc2)[C@@H](c2ccc(O)cc2)N1c1ccc(F)cc1.[Ca+2]. The van der Waals surface area contributed by atoms with Crippen molar-refractivity contribution >= 4 is 84.5 Å². The van der Waals surface area contributed by atoms with Crippen molar-refractivity contribution in [3.05, 3.63) is 300 Å². The predicted molar refractivity (Wildman–Crippen MR) is 424 cm³/mol. The Bertz CT molecular complexity index is 4720. The number of anilines is 3. The average molecular weight is 1560 g/mol. The molecule has 18 nitrogen and oxygen atoms in total. The molecule has 0 radical (unpaired) electrons. The number of rotatable bonds is 30. The zero-order valence-corrected chi connectivity index (χ0v) is 65.2. The molecule has 1 saturated heterocycles. The summed E-state index contributed by atoms with van der Waals surface area (Å²) in [6.07, 6.45) is -5.57. The van der Waals surface area contributed by atoms with E-state index in [0.29, 0.717) is 80.2 Å². The van der Waals surface area contributed by atoms with Crippen molar-refractivity contribution in [2.45, 2.75) is 141 Å². The fourth-order valence-electron chi connectivity index (χ4n) is 14.3. The Labute approximate surface area is 683 Å². The summed E-state index contributed by atoms with van der Waals surface area (Å²) >= 11 is 0. The summed E-state index contributed by atoms with van der Waals surface area (Å²) in [6, 6.07) is 67.1. The van der Waals surface area contributed by atoms with Crippen LogP contribution in [0.15, 0.2) is 243 Å². The molecule has 1 aliphatic rings. The third-order valence-electron chi connectivity index (χ3n) is 19.4. The molecule has 0 saturated carbocycles. The molecule has 23 heteroatoms. The number of carboxylic acids is 2. The summed E-state index contributed by atoms with van der Waals surface area (Å²) in [5, 5.41) is 89.3. The number of hydrogen-bond donors (Lipinski definition) is 8. The third-order valence-corrected chi connectivity index (χ3v) is 19.4. The zero-order valence-electron chi connectivity index (χ0n) is 63.0. The third kappa shape index (κ3) is 22.7. The van der Waals surface area contributed by atoms with E-state index in [2.05, 4.69) is 10.6 Å². The van der Waals surface area contributed by atoms with Crippen LogP contribution in [-0.2, 0) is 27.5 Å². The number of carboxylic acid groups (broad SMARTS) is 2. The molecule has 0 spiro atoms. The largest absolute Gasteiger partial charge is 2.00 e. The van der Waals surface area contributed by atoms with E-state index >= 15 is 0 Å². The van der Waals surface area contributed by atoms with Crippen LogP contribution in [0.25, 0.3) is 44.8 Å². The number of amides is 3. The van der Waals surface area contributed by atoms with E-state index < -0.39 is 66.9 Å². The first-order chi connectivity index (χ1) is 53.7. The maximum atomic E-state index is 14.0. The van der Waals surface area contributed by atoms with Gasteiger partial charge >= 0.3 is 37.7 Å². The first-order valence-corrected chi connectivity index (χ1v) is 37.1. The van der Waals surface area contributed by atoms with Crippen LogP contribution in [0, 0.1) is 29.2 Å². The number of β-lactam (4-membered cyclic amide) rings is 1. The Kier molecular flexibility index (Phi) is 31.2. The van der Waals surface area contributed by atoms with E-state index in [9.17, 15) is 82.4 Å². The van der Waals surface area contributed by atoms with Gasteiger partial charge in [0.2, 0.25) is 5.91 Å². The molecule has 0 aliphatic carbocycles. The Morgan fingerprint density at radius 1 is 0.442 bits per heavy atom. The molecule has 2 aromatic heterocycles. The number of carbonyl (C=O) groups is 5. The summed E-state index contributed by atoms with van der Waals surface area (Å²) in [7, 11) is 0. The van der Waals surface area contributed by atoms with E-state index in [0.717, 1.165) is 28.1 Å². The Morgan fingerprint density at radius 2 is 0.796 bits per heavy atom. The molecule has 1 fully saturated rings. The molecule has 7 atom stereocenters. The molecular formula is C90H89CaF4N5O13. The van der Waals surface area contributed by atoms with Gasteiger partial charge in [0.05, 0.1) is 65.0 Å². The molecule has 8 N–H and O–H groups in total. The molecule has 12 rings (SSSR count). The second-order valence-electron chi connectivity index (χ2n) is 28.3. The maximum Gasteiger partial charge on any atom is 2.00 e. The number of nitrogens with zero attached hydrogens (tertiary/aromatic N) is 3. The quantitative estimate of drug-likeness (QED) is 0.0118. The number of aliphatic carboxylic acids is 2. The second-order valence-corrected chi connectivity index (χ2v) is 28.3. The van der Waals surface area contributed by atoms with Gasteiger partial charge in [0.15, 0.2) is 0 Å². The minimum atomic E-state index is -1.39. The summed E-state index contributed by atoms with van der Waals surface area (Å²) in [6.45, 7) is 8.45. The van der Waals surface area contributed by atoms with Crippen molar-refractivity contribution in [1.82, 2.24) is 9.13 Å². The molecule has 582 valence electrons. The van der Waals surface area contributed by atoms with Gasteiger partial charge in [-0.05, 0) is 205 Å². The molecule has 9 aromatic carbocycles. The molecular weight excluding hydrogens is 1480 g/mol. The molecule has 0 bridgehead atoms. The van der Waals surface area contributed by atoms with Gasteiger partial charge in [-0.15, -0.1) is 0 Å². The van der Waals surface area contributed by atoms with E-state index in [-0.39, 0.29) is 135 Å². The second kappa shape index (κ2) is 40.8. The number of aliphatic hydroxyl groups excluding tert-OH is 5. The number of aromatic nitrogens is 2. The molecule has 1 aliphatic heterocycles. The smallest absolute Gasteiger partial charge is 0.550 e. The van der Waals surface area contributed by atoms with Crippen LogP contribution in [0.3, 0.4) is 0 Å².